The van der Waals surface area contributed by atoms with Crippen LogP contribution in [0.25, 0.3) is 20.8 Å². The Labute approximate surface area is 122 Å². The minimum absolute atomic E-state index is 0.975. The van der Waals surface area contributed by atoms with Crippen LogP contribution in [0.1, 0.15) is 11.3 Å². The molecule has 0 spiro atoms. The van der Waals surface area contributed by atoms with E-state index in [1.54, 1.807) is 11.3 Å². The van der Waals surface area contributed by atoms with Crippen LogP contribution in [-0.2, 0) is 0 Å². The Morgan fingerprint density at radius 3 is 2.50 bits per heavy atom. The van der Waals surface area contributed by atoms with Gasteiger partial charge in [-0.15, -0.1) is 11.3 Å². The average molecular weight is 283 g/mol. The van der Waals surface area contributed by atoms with Crippen molar-refractivity contribution in [3.63, 3.8) is 0 Å². The Balaban J connectivity index is 2.10. The van der Waals surface area contributed by atoms with Crippen molar-refractivity contribution in [1.29, 1.82) is 0 Å². The normalized spacial score (nSPS) is 11.0. The molecule has 0 radical (unpaired) electrons. The third kappa shape index (κ3) is 2.27. The van der Waals surface area contributed by atoms with Crippen LogP contribution >= 0.6 is 11.3 Å². The quantitative estimate of drug-likeness (QED) is 0.710. The third-order valence-electron chi connectivity index (χ3n) is 3.30. The maximum atomic E-state index is 4.72. The van der Waals surface area contributed by atoms with E-state index in [4.69, 9.17) is 4.98 Å². The molecule has 20 heavy (non-hydrogen) atoms. The molecule has 0 bridgehead atoms. The van der Waals surface area contributed by atoms with Gasteiger partial charge in [-0.1, -0.05) is 6.07 Å². The van der Waals surface area contributed by atoms with Crippen molar-refractivity contribution in [3.05, 3.63) is 41.6 Å². The van der Waals surface area contributed by atoms with E-state index in [9.17, 15) is 0 Å². The van der Waals surface area contributed by atoms with Crippen LogP contribution in [0.3, 0.4) is 0 Å². The van der Waals surface area contributed by atoms with E-state index in [1.807, 2.05) is 32.0 Å². The first-order valence-corrected chi connectivity index (χ1v) is 7.39. The average Bonchev–Trinajstić information content (AvgIpc) is 2.80. The van der Waals surface area contributed by atoms with Crippen LogP contribution in [0, 0.1) is 13.8 Å². The monoisotopic (exact) mass is 283 g/mol. The van der Waals surface area contributed by atoms with Crippen molar-refractivity contribution in [2.24, 2.45) is 0 Å². The summed E-state index contributed by atoms with van der Waals surface area (Å²) in [7, 11) is 4.00. The van der Waals surface area contributed by atoms with Gasteiger partial charge in [-0.05, 0) is 43.7 Å². The summed E-state index contributed by atoms with van der Waals surface area (Å²) >= 11 is 1.73. The minimum atomic E-state index is 0.975. The molecule has 1 aromatic carbocycles. The second-order valence-corrected chi connectivity index (χ2v) is 6.22. The summed E-state index contributed by atoms with van der Waals surface area (Å²) in [5.74, 6) is 0.975. The molecule has 3 aromatic rings. The van der Waals surface area contributed by atoms with Gasteiger partial charge in [-0.3, -0.25) is 0 Å². The smallest absolute Gasteiger partial charge is 0.128 e. The van der Waals surface area contributed by atoms with E-state index in [-0.39, 0.29) is 0 Å². The van der Waals surface area contributed by atoms with Gasteiger partial charge in [0, 0.05) is 25.4 Å². The zero-order valence-electron chi connectivity index (χ0n) is 12.1. The van der Waals surface area contributed by atoms with Crippen molar-refractivity contribution in [3.8, 4) is 10.6 Å². The lowest BCUT2D eigenvalue weighted by Gasteiger charge is -2.12. The molecule has 102 valence electrons. The van der Waals surface area contributed by atoms with E-state index in [2.05, 4.69) is 36.2 Å². The highest BCUT2D eigenvalue weighted by atomic mass is 32.1. The fourth-order valence-electron chi connectivity index (χ4n) is 2.17. The van der Waals surface area contributed by atoms with Crippen LogP contribution < -0.4 is 4.90 Å². The van der Waals surface area contributed by atoms with Crippen molar-refractivity contribution < 1.29 is 0 Å². The first kappa shape index (κ1) is 13.1. The molecule has 0 aliphatic carbocycles. The molecule has 2 heterocycles. The fraction of sp³-hybridized carbons (Fsp3) is 0.250. The van der Waals surface area contributed by atoms with E-state index in [0.717, 1.165) is 27.6 Å². The van der Waals surface area contributed by atoms with Gasteiger partial charge in [0.2, 0.25) is 0 Å². The largest absolute Gasteiger partial charge is 0.363 e. The van der Waals surface area contributed by atoms with Gasteiger partial charge in [-0.2, -0.15) is 0 Å². The molecule has 0 saturated heterocycles. The van der Waals surface area contributed by atoms with Crippen LogP contribution in [0.2, 0.25) is 0 Å². The zero-order chi connectivity index (χ0) is 14.3. The standard InChI is InChI=1S/C16H17N3S/c1-10-5-7-13-14(9-10)20-16(18-13)12-6-8-15(19(3)4)17-11(12)2/h5-9H,1-4H3. The second kappa shape index (κ2) is 4.87. The predicted octanol–water partition coefficient (Wildman–Crippen LogP) is 4.04. The second-order valence-electron chi connectivity index (χ2n) is 5.19. The first-order valence-electron chi connectivity index (χ1n) is 6.57. The molecule has 0 aliphatic heterocycles. The Hall–Kier alpha value is -1.94. The minimum Gasteiger partial charge on any atom is -0.363 e. The number of pyridine rings is 1. The molecule has 4 heteroatoms. The number of hydrogen-bond acceptors (Lipinski definition) is 4. The molecule has 0 atom stereocenters. The lowest BCUT2D eigenvalue weighted by atomic mass is 10.2. The number of aromatic nitrogens is 2. The summed E-state index contributed by atoms with van der Waals surface area (Å²) in [6.07, 6.45) is 0. The Bertz CT molecular complexity index is 774. The molecule has 3 nitrogen and oxygen atoms in total. The van der Waals surface area contributed by atoms with Crippen molar-refractivity contribution in [2.75, 3.05) is 19.0 Å². The highest BCUT2D eigenvalue weighted by molar-refractivity contribution is 7.21. The lowest BCUT2D eigenvalue weighted by Crippen LogP contribution is -2.11. The number of fused-ring (bicyclic) bond motifs is 1. The number of anilines is 1. The Kier molecular flexibility index (Phi) is 3.18. The topological polar surface area (TPSA) is 29.0 Å². The molecule has 0 saturated carbocycles. The number of hydrogen-bond donors (Lipinski definition) is 0. The summed E-state index contributed by atoms with van der Waals surface area (Å²) in [5, 5.41) is 1.04. The van der Waals surface area contributed by atoms with Gasteiger partial charge >= 0.3 is 0 Å². The number of benzene rings is 1. The van der Waals surface area contributed by atoms with Crippen molar-refractivity contribution >= 4 is 27.4 Å². The van der Waals surface area contributed by atoms with E-state index < -0.39 is 0 Å². The Morgan fingerprint density at radius 1 is 1.00 bits per heavy atom. The Morgan fingerprint density at radius 2 is 1.80 bits per heavy atom. The number of aryl methyl sites for hydroxylation is 2. The lowest BCUT2D eigenvalue weighted by molar-refractivity contribution is 1.05. The molecule has 0 unspecified atom stereocenters. The van der Waals surface area contributed by atoms with E-state index in [0.29, 0.717) is 0 Å². The predicted molar refractivity (Wildman–Crippen MR) is 86.7 cm³/mol. The molecule has 0 N–H and O–H groups in total. The van der Waals surface area contributed by atoms with Crippen molar-refractivity contribution in [1.82, 2.24) is 9.97 Å². The third-order valence-corrected chi connectivity index (χ3v) is 4.36. The molecule has 0 fully saturated rings. The van der Waals surface area contributed by atoms with Gasteiger partial charge in [0.1, 0.15) is 10.8 Å². The number of rotatable bonds is 2. The zero-order valence-corrected chi connectivity index (χ0v) is 13.0. The van der Waals surface area contributed by atoms with Gasteiger partial charge in [0.15, 0.2) is 0 Å². The van der Waals surface area contributed by atoms with Crippen LogP contribution in [0.5, 0.6) is 0 Å². The summed E-state index contributed by atoms with van der Waals surface area (Å²) in [6.45, 7) is 4.15. The number of nitrogens with zero attached hydrogens (tertiary/aromatic N) is 3. The molecule has 3 rings (SSSR count). The first-order chi connectivity index (χ1) is 9.54. The van der Waals surface area contributed by atoms with Crippen LogP contribution in [-0.4, -0.2) is 24.1 Å². The molecule has 0 amide bonds. The van der Waals surface area contributed by atoms with Gasteiger partial charge in [0.25, 0.3) is 0 Å². The highest BCUT2D eigenvalue weighted by Crippen LogP contribution is 2.32. The molecular formula is C16H17N3S. The van der Waals surface area contributed by atoms with Crippen LogP contribution in [0.4, 0.5) is 5.82 Å². The molecule has 0 aliphatic rings. The van der Waals surface area contributed by atoms with Crippen LogP contribution in [0.15, 0.2) is 30.3 Å². The SMILES string of the molecule is Cc1ccc2nc(-c3ccc(N(C)C)nc3C)sc2c1. The maximum absolute atomic E-state index is 4.72. The highest BCUT2D eigenvalue weighted by Gasteiger charge is 2.10. The summed E-state index contributed by atoms with van der Waals surface area (Å²) < 4.78 is 1.23. The summed E-state index contributed by atoms with van der Waals surface area (Å²) in [6, 6.07) is 10.5. The van der Waals surface area contributed by atoms with Crippen molar-refractivity contribution in [2.45, 2.75) is 13.8 Å². The summed E-state index contributed by atoms with van der Waals surface area (Å²) in [4.78, 5) is 11.4. The van der Waals surface area contributed by atoms with E-state index >= 15 is 0 Å². The van der Waals surface area contributed by atoms with Gasteiger partial charge < -0.3 is 4.90 Å². The van der Waals surface area contributed by atoms with Gasteiger partial charge in [0.05, 0.1) is 10.2 Å². The fourth-order valence-corrected chi connectivity index (χ4v) is 3.31. The number of thiazole rings is 1. The maximum Gasteiger partial charge on any atom is 0.128 e. The molecular weight excluding hydrogens is 266 g/mol. The van der Waals surface area contributed by atoms with Gasteiger partial charge in [-0.25, -0.2) is 9.97 Å². The summed E-state index contributed by atoms with van der Waals surface area (Å²) in [5.41, 5.74) is 4.47. The molecule has 2 aromatic heterocycles. The van der Waals surface area contributed by atoms with E-state index in [1.165, 1.54) is 10.3 Å².